The zero-order valence-electron chi connectivity index (χ0n) is 27.5. The van der Waals surface area contributed by atoms with E-state index in [4.69, 9.17) is 15.0 Å². The Morgan fingerprint density at radius 3 is 2.05 bits per heavy atom. The highest BCUT2D eigenvalue weighted by Crippen LogP contribution is 2.54. The molecule has 5 heteroatoms. The fourth-order valence-electron chi connectivity index (χ4n) is 6.63. The number of pyridine rings is 1. The van der Waals surface area contributed by atoms with Crippen molar-refractivity contribution in [2.45, 2.75) is 88.9 Å². The van der Waals surface area contributed by atoms with Crippen LogP contribution in [0.2, 0.25) is 0 Å². The van der Waals surface area contributed by atoms with Crippen LogP contribution in [0.5, 0.6) is 0 Å². The summed E-state index contributed by atoms with van der Waals surface area (Å²) < 4.78 is 2.32. The second kappa shape index (κ2) is 9.84. The van der Waals surface area contributed by atoms with E-state index in [1.807, 2.05) is 11.8 Å². The summed E-state index contributed by atoms with van der Waals surface area (Å²) >= 11 is 1.95. The Labute approximate surface area is 265 Å². The van der Waals surface area contributed by atoms with Crippen LogP contribution >= 0.6 is 11.8 Å². The second-order valence-corrected chi connectivity index (χ2v) is 15.8. The number of rotatable bonds is 2. The van der Waals surface area contributed by atoms with Gasteiger partial charge in [0, 0.05) is 37.6 Å². The van der Waals surface area contributed by atoms with Gasteiger partial charge in [0.25, 0.3) is 0 Å². The van der Waals surface area contributed by atoms with Crippen molar-refractivity contribution < 1.29 is 4.57 Å². The monoisotopic (exact) mass is 597 g/mol. The number of aromatic nitrogens is 4. The molecule has 0 spiro atoms. The summed E-state index contributed by atoms with van der Waals surface area (Å²) in [7, 11) is 2.19. The number of hydrogen-bond acceptors (Lipinski definition) is 4. The lowest BCUT2D eigenvalue weighted by Gasteiger charge is -2.26. The van der Waals surface area contributed by atoms with Crippen LogP contribution < -0.4 is 4.57 Å². The molecule has 3 heterocycles. The fourth-order valence-corrected chi connectivity index (χ4v) is 8.15. The van der Waals surface area contributed by atoms with Crippen LogP contribution in [0.3, 0.4) is 0 Å². The minimum atomic E-state index is -0.182. The van der Waals surface area contributed by atoms with Gasteiger partial charge < -0.3 is 0 Å². The zero-order valence-corrected chi connectivity index (χ0v) is 28.4. The van der Waals surface area contributed by atoms with Crippen LogP contribution in [0.4, 0.5) is 0 Å². The smallest absolute Gasteiger partial charge is 0.217 e. The van der Waals surface area contributed by atoms with Gasteiger partial charge in [-0.1, -0.05) is 104 Å². The molecule has 0 amide bonds. The Morgan fingerprint density at radius 1 is 0.750 bits per heavy atom. The quantitative estimate of drug-likeness (QED) is 0.147. The maximum Gasteiger partial charge on any atom is 0.222 e. The summed E-state index contributed by atoms with van der Waals surface area (Å²) in [5, 5.41) is 7.77. The highest BCUT2D eigenvalue weighted by molar-refractivity contribution is 8.00. The first-order valence-electron chi connectivity index (χ1n) is 15.6. The maximum absolute atomic E-state index is 5.02. The van der Waals surface area contributed by atoms with Gasteiger partial charge in [-0.05, 0) is 57.6 Å². The number of hydrogen-bond donors (Lipinski definition) is 0. The summed E-state index contributed by atoms with van der Waals surface area (Å²) in [6, 6.07) is 20.3. The second-order valence-electron chi connectivity index (χ2n) is 14.7. The fraction of sp³-hybridized carbons (Fsp3) is 0.333. The first-order chi connectivity index (χ1) is 20.7. The Hall–Kier alpha value is -3.83. The average molecular weight is 598 g/mol. The van der Waals surface area contributed by atoms with Crippen molar-refractivity contribution in [1.82, 2.24) is 15.0 Å². The molecule has 4 nitrogen and oxygen atoms in total. The van der Waals surface area contributed by atoms with Gasteiger partial charge in [-0.15, -0.1) is 0 Å². The maximum atomic E-state index is 5.02. The minimum absolute atomic E-state index is 0.182. The van der Waals surface area contributed by atoms with E-state index in [-0.39, 0.29) is 10.8 Å². The average Bonchev–Trinajstić information content (AvgIpc) is 2.96. The Bertz CT molecular complexity index is 2130. The molecule has 2 aromatic heterocycles. The van der Waals surface area contributed by atoms with Crippen molar-refractivity contribution in [2.24, 2.45) is 7.05 Å². The van der Waals surface area contributed by atoms with E-state index < -0.39 is 0 Å². The lowest BCUT2D eigenvalue weighted by atomic mass is 9.87. The number of aryl methyl sites for hydroxylation is 2. The first kappa shape index (κ1) is 28.9. The largest absolute Gasteiger partial charge is 0.222 e. The van der Waals surface area contributed by atoms with E-state index in [1.165, 1.54) is 64.5 Å². The molecule has 0 N–H and O–H groups in total. The van der Waals surface area contributed by atoms with Crippen LogP contribution in [0.1, 0.15) is 84.1 Å². The molecule has 0 atom stereocenters. The van der Waals surface area contributed by atoms with Gasteiger partial charge in [0.2, 0.25) is 5.69 Å². The first-order valence-corrected chi connectivity index (χ1v) is 16.5. The summed E-state index contributed by atoms with van der Waals surface area (Å²) in [6.45, 7) is 20.0. The lowest BCUT2D eigenvalue weighted by molar-refractivity contribution is -0.659. The van der Waals surface area contributed by atoms with Gasteiger partial charge in [0.15, 0.2) is 12.0 Å². The standard InChI is InChI=1S/C39H41N4S/c1-21(2)30-26-14-12-11-13-25(26)22(3)31-33-32-27(17-18-43(33)10)28-19-24(16-15-23(28)20-29(32)44-34(30)31)35-40-36(38(4,5)6)42-37(41-35)39(7,8)9/h11-21H,1-10H3/q+1. The third kappa shape index (κ3) is 4.42. The zero-order chi connectivity index (χ0) is 31.3. The lowest BCUT2D eigenvalue weighted by Crippen LogP contribution is -2.32. The molecule has 0 radical (unpaired) electrons. The molecule has 6 aromatic rings. The van der Waals surface area contributed by atoms with Gasteiger partial charge in [-0.25, -0.2) is 19.5 Å². The number of benzene rings is 4. The molecular formula is C39H41N4S+. The third-order valence-corrected chi connectivity index (χ3v) is 10.1. The SMILES string of the molecule is Cc1c2c(c(C(C)C)c3ccccc13)Sc1cc3ccc(-c4nc(C(C)(C)C)nc(C(C)(C)C)n4)cc3c3cc[n+](C)c-2c13. The van der Waals surface area contributed by atoms with Crippen LogP contribution in [-0.2, 0) is 17.9 Å². The molecule has 1 aliphatic heterocycles. The normalized spacial score (nSPS) is 13.3. The van der Waals surface area contributed by atoms with Crippen LogP contribution in [-0.4, -0.2) is 15.0 Å². The Kier molecular flexibility index (Phi) is 6.46. The van der Waals surface area contributed by atoms with Crippen molar-refractivity contribution in [3.8, 4) is 22.6 Å². The third-order valence-electron chi connectivity index (χ3n) is 8.93. The molecule has 0 bridgehead atoms. The molecule has 44 heavy (non-hydrogen) atoms. The van der Waals surface area contributed by atoms with Crippen LogP contribution in [0.25, 0.3) is 55.0 Å². The Balaban J connectivity index is 1.53. The van der Waals surface area contributed by atoms with Crippen molar-refractivity contribution in [1.29, 1.82) is 0 Å². The molecule has 7 rings (SSSR count). The van der Waals surface area contributed by atoms with Gasteiger partial charge in [0.05, 0.1) is 10.9 Å². The summed E-state index contributed by atoms with van der Waals surface area (Å²) in [5.41, 5.74) is 6.13. The number of nitrogens with zero attached hydrogens (tertiary/aromatic N) is 4. The molecule has 0 saturated carbocycles. The topological polar surface area (TPSA) is 42.6 Å². The highest BCUT2D eigenvalue weighted by Gasteiger charge is 2.33. The van der Waals surface area contributed by atoms with E-state index >= 15 is 0 Å². The van der Waals surface area contributed by atoms with E-state index in [0.29, 0.717) is 5.92 Å². The van der Waals surface area contributed by atoms with Gasteiger partial charge in [0.1, 0.15) is 18.7 Å². The van der Waals surface area contributed by atoms with E-state index in [1.54, 1.807) is 0 Å². The van der Waals surface area contributed by atoms with Crippen molar-refractivity contribution in [3.63, 3.8) is 0 Å². The predicted molar refractivity (Wildman–Crippen MR) is 185 cm³/mol. The molecule has 0 unspecified atom stereocenters. The van der Waals surface area contributed by atoms with E-state index in [9.17, 15) is 0 Å². The molecule has 222 valence electrons. The van der Waals surface area contributed by atoms with Crippen molar-refractivity contribution >= 4 is 44.1 Å². The molecule has 0 aliphatic carbocycles. The number of fused-ring (bicyclic) bond motifs is 5. The molecule has 1 aliphatic rings. The predicted octanol–water partition coefficient (Wildman–Crippen LogP) is 9.98. The molecular weight excluding hydrogens is 557 g/mol. The van der Waals surface area contributed by atoms with Crippen molar-refractivity contribution in [3.05, 3.63) is 83.6 Å². The molecule has 4 aromatic carbocycles. The minimum Gasteiger partial charge on any atom is -0.217 e. The summed E-state index contributed by atoms with van der Waals surface area (Å²) in [6.07, 6.45) is 2.23. The summed E-state index contributed by atoms with van der Waals surface area (Å²) in [4.78, 5) is 17.7. The van der Waals surface area contributed by atoms with E-state index in [2.05, 4.69) is 135 Å². The van der Waals surface area contributed by atoms with Crippen molar-refractivity contribution in [2.75, 3.05) is 0 Å². The van der Waals surface area contributed by atoms with Gasteiger partial charge >= 0.3 is 0 Å². The van der Waals surface area contributed by atoms with Gasteiger partial charge in [-0.3, -0.25) is 0 Å². The molecule has 0 fully saturated rings. The van der Waals surface area contributed by atoms with Gasteiger partial charge in [-0.2, -0.15) is 0 Å². The van der Waals surface area contributed by atoms with Crippen LogP contribution in [0.15, 0.2) is 70.6 Å². The summed E-state index contributed by atoms with van der Waals surface area (Å²) in [5.74, 6) is 2.81. The van der Waals surface area contributed by atoms with Crippen LogP contribution in [0, 0.1) is 6.92 Å². The Morgan fingerprint density at radius 2 is 1.41 bits per heavy atom. The van der Waals surface area contributed by atoms with E-state index in [0.717, 1.165) is 23.0 Å². The highest BCUT2D eigenvalue weighted by atomic mass is 32.2. The molecule has 0 saturated heterocycles.